The van der Waals surface area contributed by atoms with Crippen molar-refractivity contribution in [3.8, 4) is 0 Å². The third-order valence-electron chi connectivity index (χ3n) is 2.29. The van der Waals surface area contributed by atoms with E-state index in [0.717, 1.165) is 4.90 Å². The summed E-state index contributed by atoms with van der Waals surface area (Å²) in [6.45, 7) is 0.563. The molecular formula is C11H13ClF3N3O. The van der Waals surface area contributed by atoms with Gasteiger partial charge in [-0.3, -0.25) is 4.79 Å². The maximum absolute atomic E-state index is 12.4. The Hall–Kier alpha value is -1.37. The molecule has 1 amide bonds. The standard InChI is InChI=1S/C11H13ClF3N3O/c1-2-3-6-18(7-11(13,14)15)10(19)8-4-5-9(12)17-16-8/h4-5H,2-3,6-7H2,1H3. The number of alkyl halides is 3. The highest BCUT2D eigenvalue weighted by atomic mass is 35.5. The van der Waals surface area contributed by atoms with Gasteiger partial charge in [-0.05, 0) is 18.6 Å². The molecule has 0 bridgehead atoms. The Balaban J connectivity index is 2.83. The number of halogens is 4. The van der Waals surface area contributed by atoms with E-state index in [-0.39, 0.29) is 17.4 Å². The van der Waals surface area contributed by atoms with E-state index >= 15 is 0 Å². The fourth-order valence-electron chi connectivity index (χ4n) is 1.41. The molecule has 4 nitrogen and oxygen atoms in total. The van der Waals surface area contributed by atoms with Crippen molar-refractivity contribution in [2.24, 2.45) is 0 Å². The lowest BCUT2D eigenvalue weighted by atomic mass is 10.2. The van der Waals surface area contributed by atoms with Gasteiger partial charge in [0.2, 0.25) is 0 Å². The lowest BCUT2D eigenvalue weighted by molar-refractivity contribution is -0.140. The summed E-state index contributed by atoms with van der Waals surface area (Å²) in [6.07, 6.45) is -3.26. The highest BCUT2D eigenvalue weighted by molar-refractivity contribution is 6.29. The minimum atomic E-state index is -4.44. The smallest absolute Gasteiger partial charge is 0.328 e. The van der Waals surface area contributed by atoms with Crippen LogP contribution in [0.15, 0.2) is 12.1 Å². The van der Waals surface area contributed by atoms with Crippen molar-refractivity contribution < 1.29 is 18.0 Å². The van der Waals surface area contributed by atoms with Gasteiger partial charge < -0.3 is 4.90 Å². The summed E-state index contributed by atoms with van der Waals surface area (Å²) < 4.78 is 37.3. The highest BCUT2D eigenvalue weighted by Gasteiger charge is 2.33. The van der Waals surface area contributed by atoms with Gasteiger partial charge in [-0.1, -0.05) is 24.9 Å². The summed E-state index contributed by atoms with van der Waals surface area (Å²) >= 11 is 5.51. The number of nitrogens with zero attached hydrogens (tertiary/aromatic N) is 3. The molecule has 8 heteroatoms. The maximum Gasteiger partial charge on any atom is 0.406 e. The zero-order chi connectivity index (χ0) is 14.5. The molecule has 1 rings (SSSR count). The molecule has 19 heavy (non-hydrogen) atoms. The van der Waals surface area contributed by atoms with Crippen molar-refractivity contribution in [3.05, 3.63) is 23.0 Å². The first kappa shape index (κ1) is 15.7. The number of rotatable bonds is 5. The molecule has 0 saturated heterocycles. The van der Waals surface area contributed by atoms with Crippen molar-refractivity contribution in [2.45, 2.75) is 25.9 Å². The molecule has 0 unspecified atom stereocenters. The molecule has 0 aliphatic carbocycles. The molecule has 0 aliphatic heterocycles. The lowest BCUT2D eigenvalue weighted by Gasteiger charge is -2.23. The van der Waals surface area contributed by atoms with Gasteiger partial charge in [-0.2, -0.15) is 13.2 Å². The van der Waals surface area contributed by atoms with Crippen LogP contribution in [0.4, 0.5) is 13.2 Å². The minimum Gasteiger partial charge on any atom is -0.328 e. The SMILES string of the molecule is CCCCN(CC(F)(F)F)C(=O)c1ccc(Cl)nn1. The molecular weight excluding hydrogens is 283 g/mol. The molecule has 1 aromatic rings. The molecule has 1 aromatic heterocycles. The minimum absolute atomic E-state index is 0.0269. The van der Waals surface area contributed by atoms with Gasteiger partial charge in [0.25, 0.3) is 5.91 Å². The number of aromatic nitrogens is 2. The van der Waals surface area contributed by atoms with Crippen molar-refractivity contribution >= 4 is 17.5 Å². The summed E-state index contributed by atoms with van der Waals surface area (Å²) in [7, 11) is 0. The molecule has 0 atom stereocenters. The number of hydrogen-bond acceptors (Lipinski definition) is 3. The molecule has 0 radical (unpaired) electrons. The Bertz CT molecular complexity index is 422. The average Bonchev–Trinajstić information content (AvgIpc) is 2.33. The Labute approximate surface area is 113 Å². The van der Waals surface area contributed by atoms with Crippen LogP contribution in [0.5, 0.6) is 0 Å². The van der Waals surface area contributed by atoms with Crippen molar-refractivity contribution in [1.29, 1.82) is 0 Å². The van der Waals surface area contributed by atoms with Crippen LogP contribution in [0.3, 0.4) is 0 Å². The highest BCUT2D eigenvalue weighted by Crippen LogP contribution is 2.18. The average molecular weight is 296 g/mol. The maximum atomic E-state index is 12.4. The fraction of sp³-hybridized carbons (Fsp3) is 0.545. The van der Waals surface area contributed by atoms with Crippen LogP contribution in [-0.4, -0.2) is 40.3 Å². The number of carbonyl (C=O) groups excluding carboxylic acids is 1. The number of unbranched alkanes of at least 4 members (excludes halogenated alkanes) is 1. The van der Waals surface area contributed by atoms with Gasteiger partial charge in [-0.15, -0.1) is 10.2 Å². The van der Waals surface area contributed by atoms with Gasteiger partial charge in [0.15, 0.2) is 10.8 Å². The fourth-order valence-corrected chi connectivity index (χ4v) is 1.51. The Morgan fingerprint density at radius 2 is 2.05 bits per heavy atom. The van der Waals surface area contributed by atoms with Crippen LogP contribution in [-0.2, 0) is 0 Å². The van der Waals surface area contributed by atoms with E-state index in [1.807, 2.05) is 6.92 Å². The first-order chi connectivity index (χ1) is 8.83. The molecule has 1 heterocycles. The van der Waals surface area contributed by atoms with Crippen LogP contribution in [0.2, 0.25) is 5.15 Å². The monoisotopic (exact) mass is 295 g/mol. The van der Waals surface area contributed by atoms with Gasteiger partial charge in [0, 0.05) is 6.54 Å². The van der Waals surface area contributed by atoms with E-state index in [4.69, 9.17) is 11.6 Å². The Morgan fingerprint density at radius 3 is 2.53 bits per heavy atom. The quantitative estimate of drug-likeness (QED) is 0.839. The molecule has 0 fully saturated rings. The Morgan fingerprint density at radius 1 is 1.37 bits per heavy atom. The molecule has 0 saturated carbocycles. The van der Waals surface area contributed by atoms with E-state index in [1.54, 1.807) is 0 Å². The number of hydrogen-bond donors (Lipinski definition) is 0. The second kappa shape index (κ2) is 6.70. The zero-order valence-corrected chi connectivity index (χ0v) is 11.0. The summed E-state index contributed by atoms with van der Waals surface area (Å²) in [6, 6.07) is 2.57. The summed E-state index contributed by atoms with van der Waals surface area (Å²) in [5.41, 5.74) is -0.148. The number of amides is 1. The van der Waals surface area contributed by atoms with Crippen LogP contribution < -0.4 is 0 Å². The van der Waals surface area contributed by atoms with Crippen molar-refractivity contribution in [1.82, 2.24) is 15.1 Å². The second-order valence-corrected chi connectivity index (χ2v) is 4.32. The molecule has 0 spiro atoms. The van der Waals surface area contributed by atoms with Gasteiger partial charge in [0.05, 0.1) is 0 Å². The van der Waals surface area contributed by atoms with Crippen LogP contribution in [0.25, 0.3) is 0 Å². The molecule has 0 aromatic carbocycles. The zero-order valence-electron chi connectivity index (χ0n) is 10.2. The Kier molecular flexibility index (Phi) is 5.53. The van der Waals surface area contributed by atoms with E-state index in [0.29, 0.717) is 12.8 Å². The first-order valence-corrected chi connectivity index (χ1v) is 6.06. The summed E-state index contributed by atoms with van der Waals surface area (Å²) in [4.78, 5) is 12.6. The van der Waals surface area contributed by atoms with E-state index in [2.05, 4.69) is 10.2 Å². The molecule has 0 aliphatic rings. The third kappa shape index (κ3) is 5.42. The molecule has 106 valence electrons. The van der Waals surface area contributed by atoms with Crippen LogP contribution >= 0.6 is 11.6 Å². The van der Waals surface area contributed by atoms with Gasteiger partial charge >= 0.3 is 6.18 Å². The number of carbonyl (C=O) groups is 1. The molecule has 0 N–H and O–H groups in total. The lowest BCUT2D eigenvalue weighted by Crippen LogP contribution is -2.40. The van der Waals surface area contributed by atoms with Crippen LogP contribution in [0.1, 0.15) is 30.3 Å². The predicted octanol–water partition coefficient (Wildman–Crippen LogP) is 2.93. The normalized spacial score (nSPS) is 11.4. The van der Waals surface area contributed by atoms with E-state index in [1.165, 1.54) is 12.1 Å². The third-order valence-corrected chi connectivity index (χ3v) is 2.49. The summed E-state index contributed by atoms with van der Waals surface area (Å²) in [5, 5.41) is 7.02. The van der Waals surface area contributed by atoms with Gasteiger partial charge in [0.1, 0.15) is 6.54 Å². The van der Waals surface area contributed by atoms with Crippen LogP contribution in [0, 0.1) is 0 Å². The van der Waals surface area contributed by atoms with Gasteiger partial charge in [-0.25, -0.2) is 0 Å². The van der Waals surface area contributed by atoms with E-state index in [9.17, 15) is 18.0 Å². The topological polar surface area (TPSA) is 46.1 Å². The predicted molar refractivity (Wildman–Crippen MR) is 63.9 cm³/mol. The largest absolute Gasteiger partial charge is 0.406 e. The van der Waals surface area contributed by atoms with Crippen molar-refractivity contribution in [3.63, 3.8) is 0 Å². The van der Waals surface area contributed by atoms with Crippen molar-refractivity contribution in [2.75, 3.05) is 13.1 Å². The second-order valence-electron chi connectivity index (χ2n) is 3.94. The van der Waals surface area contributed by atoms with E-state index < -0.39 is 18.6 Å². The summed E-state index contributed by atoms with van der Waals surface area (Å²) in [5.74, 6) is -0.796. The first-order valence-electron chi connectivity index (χ1n) is 5.68.